The van der Waals surface area contributed by atoms with Gasteiger partial charge in [0.1, 0.15) is 0 Å². The first-order valence-corrected chi connectivity index (χ1v) is 8.72. The van der Waals surface area contributed by atoms with Gasteiger partial charge in [0.05, 0.1) is 0 Å². The Morgan fingerprint density at radius 3 is 2.19 bits per heavy atom. The molecule has 1 amide bonds. The molecule has 0 aromatic rings. The highest BCUT2D eigenvalue weighted by Crippen LogP contribution is 2.56. The topological polar surface area (TPSA) is 41.1 Å². The molecule has 2 atom stereocenters. The third-order valence-electron chi connectivity index (χ3n) is 6.50. The molecule has 0 spiro atoms. The fourth-order valence-electron chi connectivity index (χ4n) is 5.91. The third kappa shape index (κ3) is 2.96. The maximum atomic E-state index is 12.8. The Bertz CT molecular complexity index is 372. The van der Waals surface area contributed by atoms with Crippen LogP contribution in [0.15, 0.2) is 0 Å². The summed E-state index contributed by atoms with van der Waals surface area (Å²) in [6.07, 6.45) is 9.03. The molecular weight excluding hydrogens is 284 g/mol. The molecule has 4 heteroatoms. The number of piperidine rings is 1. The molecule has 4 saturated carbocycles. The van der Waals surface area contributed by atoms with Crippen molar-refractivity contribution in [3.63, 3.8) is 0 Å². The smallest absolute Gasteiger partial charge is 0.223 e. The molecule has 0 radical (unpaired) electrons. The van der Waals surface area contributed by atoms with Gasteiger partial charge in [-0.3, -0.25) is 4.79 Å². The Morgan fingerprint density at radius 2 is 1.62 bits per heavy atom. The molecule has 4 aliphatic carbocycles. The van der Waals surface area contributed by atoms with Crippen molar-refractivity contribution in [1.82, 2.24) is 10.6 Å². The first-order valence-electron chi connectivity index (χ1n) is 8.72. The van der Waals surface area contributed by atoms with E-state index >= 15 is 0 Å². The van der Waals surface area contributed by atoms with E-state index in [9.17, 15) is 4.79 Å². The number of hydrogen-bond donors (Lipinski definition) is 2. The van der Waals surface area contributed by atoms with Crippen LogP contribution in [0.5, 0.6) is 0 Å². The Morgan fingerprint density at radius 1 is 1.00 bits per heavy atom. The maximum Gasteiger partial charge on any atom is 0.223 e. The average molecular weight is 313 g/mol. The number of amides is 1. The number of rotatable bonds is 2. The van der Waals surface area contributed by atoms with Crippen LogP contribution in [0, 0.1) is 29.6 Å². The number of nitrogens with one attached hydrogen (secondary N) is 2. The largest absolute Gasteiger partial charge is 0.353 e. The highest BCUT2D eigenvalue weighted by molar-refractivity contribution is 5.85. The molecule has 2 N–H and O–H groups in total. The van der Waals surface area contributed by atoms with E-state index in [0.29, 0.717) is 35.7 Å². The molecule has 2 unspecified atom stereocenters. The van der Waals surface area contributed by atoms with Crippen LogP contribution in [-0.4, -0.2) is 24.5 Å². The van der Waals surface area contributed by atoms with Crippen molar-refractivity contribution in [2.24, 2.45) is 29.6 Å². The lowest BCUT2D eigenvalue weighted by Gasteiger charge is -2.53. The van der Waals surface area contributed by atoms with Crippen LogP contribution < -0.4 is 10.6 Å². The first kappa shape index (κ1) is 15.6. The molecule has 0 aromatic carbocycles. The standard InChI is InChI=1S/C17H28N2O.ClH/c1-10-4-15(2-3-18-10)19-17(20)16-13-6-11-5-12(8-13)9-14(16)7-11;/h10-16,18H,2-9H2,1H3,(H,19,20);1H. The van der Waals surface area contributed by atoms with Gasteiger partial charge >= 0.3 is 0 Å². The van der Waals surface area contributed by atoms with Gasteiger partial charge in [-0.2, -0.15) is 0 Å². The predicted octanol–water partition coefficient (Wildman–Crippen LogP) is 2.74. The Labute approximate surface area is 134 Å². The highest BCUT2D eigenvalue weighted by Gasteiger charge is 2.50. The summed E-state index contributed by atoms with van der Waals surface area (Å²) in [5.74, 6) is 4.10. The van der Waals surface area contributed by atoms with E-state index in [-0.39, 0.29) is 12.4 Å². The van der Waals surface area contributed by atoms with Crippen molar-refractivity contribution in [2.75, 3.05) is 6.54 Å². The van der Waals surface area contributed by atoms with Crippen molar-refractivity contribution in [3.05, 3.63) is 0 Å². The molecule has 1 heterocycles. The van der Waals surface area contributed by atoms with Gasteiger partial charge in [-0.15, -0.1) is 12.4 Å². The number of carbonyl (C=O) groups excluding carboxylic acids is 1. The number of halogens is 1. The van der Waals surface area contributed by atoms with E-state index in [1.807, 2.05) is 0 Å². The number of hydrogen-bond acceptors (Lipinski definition) is 2. The molecule has 21 heavy (non-hydrogen) atoms. The molecule has 5 rings (SSSR count). The van der Waals surface area contributed by atoms with E-state index in [1.54, 1.807) is 0 Å². The average Bonchev–Trinajstić information content (AvgIpc) is 2.37. The van der Waals surface area contributed by atoms with Crippen LogP contribution in [0.2, 0.25) is 0 Å². The second kappa shape index (κ2) is 6.08. The fourth-order valence-corrected chi connectivity index (χ4v) is 5.91. The second-order valence-electron chi connectivity index (χ2n) is 8.04. The summed E-state index contributed by atoms with van der Waals surface area (Å²) in [5.41, 5.74) is 0. The Hall–Kier alpha value is -0.280. The van der Waals surface area contributed by atoms with Gasteiger partial charge in [0, 0.05) is 18.0 Å². The van der Waals surface area contributed by atoms with E-state index in [2.05, 4.69) is 17.6 Å². The quantitative estimate of drug-likeness (QED) is 0.823. The summed E-state index contributed by atoms with van der Waals surface area (Å²) in [6, 6.07) is 0.962. The zero-order chi connectivity index (χ0) is 13.7. The van der Waals surface area contributed by atoms with Crippen LogP contribution in [0.1, 0.15) is 51.9 Å². The van der Waals surface area contributed by atoms with Crippen molar-refractivity contribution >= 4 is 18.3 Å². The maximum absolute atomic E-state index is 12.8. The lowest BCUT2D eigenvalue weighted by atomic mass is 9.51. The summed E-state index contributed by atoms with van der Waals surface area (Å²) in [7, 11) is 0. The van der Waals surface area contributed by atoms with Crippen molar-refractivity contribution in [1.29, 1.82) is 0 Å². The first-order chi connectivity index (χ1) is 9.69. The number of carbonyl (C=O) groups is 1. The Kier molecular flexibility index (Phi) is 4.52. The molecule has 5 fully saturated rings. The molecule has 1 aliphatic heterocycles. The molecule has 120 valence electrons. The van der Waals surface area contributed by atoms with E-state index in [4.69, 9.17) is 0 Å². The normalized spacial score (nSPS) is 47.8. The van der Waals surface area contributed by atoms with Gasteiger partial charge in [0.2, 0.25) is 5.91 Å². The van der Waals surface area contributed by atoms with Gasteiger partial charge < -0.3 is 10.6 Å². The monoisotopic (exact) mass is 312 g/mol. The molecule has 0 aromatic heterocycles. The van der Waals surface area contributed by atoms with Crippen molar-refractivity contribution in [3.8, 4) is 0 Å². The van der Waals surface area contributed by atoms with Gasteiger partial charge in [0.15, 0.2) is 0 Å². The summed E-state index contributed by atoms with van der Waals surface area (Å²) in [4.78, 5) is 12.8. The summed E-state index contributed by atoms with van der Waals surface area (Å²) >= 11 is 0. The van der Waals surface area contributed by atoms with Crippen LogP contribution in [0.3, 0.4) is 0 Å². The zero-order valence-corrected chi connectivity index (χ0v) is 13.8. The lowest BCUT2D eigenvalue weighted by molar-refractivity contribution is -0.139. The third-order valence-corrected chi connectivity index (χ3v) is 6.50. The van der Waals surface area contributed by atoms with Crippen LogP contribution in [0.4, 0.5) is 0 Å². The predicted molar refractivity (Wildman–Crippen MR) is 86.4 cm³/mol. The second-order valence-corrected chi connectivity index (χ2v) is 8.04. The van der Waals surface area contributed by atoms with Crippen LogP contribution >= 0.6 is 12.4 Å². The highest BCUT2D eigenvalue weighted by atomic mass is 35.5. The van der Waals surface area contributed by atoms with Crippen LogP contribution in [0.25, 0.3) is 0 Å². The fraction of sp³-hybridized carbons (Fsp3) is 0.941. The Balaban J connectivity index is 0.00000132. The van der Waals surface area contributed by atoms with Crippen molar-refractivity contribution < 1.29 is 4.79 Å². The van der Waals surface area contributed by atoms with Gasteiger partial charge in [0.25, 0.3) is 0 Å². The van der Waals surface area contributed by atoms with E-state index in [0.717, 1.165) is 31.2 Å². The SMILES string of the molecule is CC1CC(NC(=O)C2C3CC4CC(C3)CC2C4)CCN1.Cl. The molecule has 4 bridgehead atoms. The van der Waals surface area contributed by atoms with Crippen LogP contribution in [-0.2, 0) is 4.79 Å². The minimum atomic E-state index is 0. The lowest BCUT2D eigenvalue weighted by Crippen LogP contribution is -2.54. The summed E-state index contributed by atoms with van der Waals surface area (Å²) in [6.45, 7) is 3.27. The molecule has 5 aliphatic rings. The molecule has 1 saturated heterocycles. The van der Waals surface area contributed by atoms with Gasteiger partial charge in [-0.1, -0.05) is 0 Å². The molecular formula is C17H29ClN2O. The minimum Gasteiger partial charge on any atom is -0.353 e. The van der Waals surface area contributed by atoms with E-state index in [1.165, 1.54) is 32.1 Å². The van der Waals surface area contributed by atoms with Gasteiger partial charge in [-0.25, -0.2) is 0 Å². The van der Waals surface area contributed by atoms with Gasteiger partial charge in [-0.05, 0) is 82.1 Å². The van der Waals surface area contributed by atoms with E-state index < -0.39 is 0 Å². The van der Waals surface area contributed by atoms with Crippen molar-refractivity contribution in [2.45, 2.75) is 64.0 Å². The summed E-state index contributed by atoms with van der Waals surface area (Å²) in [5, 5.41) is 6.86. The minimum absolute atomic E-state index is 0. The summed E-state index contributed by atoms with van der Waals surface area (Å²) < 4.78 is 0. The zero-order valence-electron chi connectivity index (χ0n) is 13.0. The molecule has 3 nitrogen and oxygen atoms in total.